The molecule has 1 aromatic carbocycles. The van der Waals surface area contributed by atoms with E-state index in [4.69, 9.17) is 0 Å². The first kappa shape index (κ1) is 17.8. The lowest BCUT2D eigenvalue weighted by atomic mass is 10.2. The Kier molecular flexibility index (Phi) is 5.41. The lowest BCUT2D eigenvalue weighted by Gasteiger charge is -2.14. The van der Waals surface area contributed by atoms with Crippen molar-refractivity contribution in [2.45, 2.75) is 33.2 Å². The molecule has 6 heteroatoms. The fraction of sp³-hybridized carbons (Fsp3) is 0.250. The Morgan fingerprint density at radius 2 is 2.00 bits per heavy atom. The fourth-order valence-electron chi connectivity index (χ4n) is 2.38. The molecule has 0 aliphatic heterocycles. The van der Waals surface area contributed by atoms with Gasteiger partial charge in [0.2, 0.25) is 5.95 Å². The lowest BCUT2D eigenvalue weighted by Crippen LogP contribution is -2.16. The Bertz CT molecular complexity index is 883. The van der Waals surface area contributed by atoms with Crippen LogP contribution in [-0.4, -0.2) is 21.0 Å². The molecule has 0 bridgehead atoms. The van der Waals surface area contributed by atoms with Gasteiger partial charge in [-0.1, -0.05) is 13.0 Å². The van der Waals surface area contributed by atoms with Crippen molar-refractivity contribution in [1.29, 1.82) is 0 Å². The molecular formula is C20H22FN5. The van der Waals surface area contributed by atoms with E-state index in [0.717, 1.165) is 17.7 Å². The number of hydrogen-bond donors (Lipinski definition) is 2. The van der Waals surface area contributed by atoms with Crippen molar-refractivity contribution in [3.05, 3.63) is 60.2 Å². The molecule has 3 aromatic rings. The molecule has 0 radical (unpaired) electrons. The second kappa shape index (κ2) is 7.91. The van der Waals surface area contributed by atoms with Crippen molar-refractivity contribution in [3.63, 3.8) is 0 Å². The molecule has 0 unspecified atom stereocenters. The molecule has 3 rings (SSSR count). The van der Waals surface area contributed by atoms with Gasteiger partial charge in [-0.2, -0.15) is 4.98 Å². The van der Waals surface area contributed by atoms with Gasteiger partial charge in [0, 0.05) is 35.8 Å². The van der Waals surface area contributed by atoms with Gasteiger partial charge in [-0.25, -0.2) is 9.37 Å². The smallest absolute Gasteiger partial charge is 0.225 e. The second-order valence-electron chi connectivity index (χ2n) is 6.25. The molecule has 26 heavy (non-hydrogen) atoms. The Labute approximate surface area is 152 Å². The number of nitrogens with zero attached hydrogens (tertiary/aromatic N) is 3. The zero-order valence-corrected chi connectivity index (χ0v) is 15.1. The molecule has 0 amide bonds. The van der Waals surface area contributed by atoms with Gasteiger partial charge in [0.25, 0.3) is 0 Å². The van der Waals surface area contributed by atoms with E-state index in [1.54, 1.807) is 25.4 Å². The predicted molar refractivity (Wildman–Crippen MR) is 103 cm³/mol. The number of anilines is 3. The van der Waals surface area contributed by atoms with Gasteiger partial charge in [-0.05, 0) is 50.1 Å². The quantitative estimate of drug-likeness (QED) is 0.658. The molecule has 134 valence electrons. The van der Waals surface area contributed by atoms with Crippen molar-refractivity contribution in [2.24, 2.45) is 0 Å². The van der Waals surface area contributed by atoms with E-state index in [1.165, 1.54) is 6.07 Å². The van der Waals surface area contributed by atoms with Crippen LogP contribution in [0.2, 0.25) is 0 Å². The van der Waals surface area contributed by atoms with E-state index < -0.39 is 0 Å². The third-order valence-electron chi connectivity index (χ3n) is 4.12. The molecule has 1 atom stereocenters. The normalized spacial score (nSPS) is 11.8. The molecule has 5 nitrogen and oxygen atoms in total. The average Bonchev–Trinajstić information content (AvgIpc) is 2.65. The molecule has 0 saturated carbocycles. The van der Waals surface area contributed by atoms with Gasteiger partial charge in [-0.15, -0.1) is 0 Å². The van der Waals surface area contributed by atoms with E-state index in [-0.39, 0.29) is 11.9 Å². The summed E-state index contributed by atoms with van der Waals surface area (Å²) in [5, 5.41) is 6.45. The average molecular weight is 351 g/mol. The largest absolute Gasteiger partial charge is 0.352 e. The number of hydrogen-bond acceptors (Lipinski definition) is 5. The highest BCUT2D eigenvalue weighted by atomic mass is 19.1. The summed E-state index contributed by atoms with van der Waals surface area (Å²) in [5.74, 6) is 0.859. The highest BCUT2D eigenvalue weighted by Gasteiger charge is 2.10. The lowest BCUT2D eigenvalue weighted by molar-refractivity contribution is 0.619. The van der Waals surface area contributed by atoms with Crippen molar-refractivity contribution < 1.29 is 4.39 Å². The summed E-state index contributed by atoms with van der Waals surface area (Å²) in [6, 6.07) is 10.9. The van der Waals surface area contributed by atoms with Gasteiger partial charge < -0.3 is 10.6 Å². The van der Waals surface area contributed by atoms with Gasteiger partial charge >= 0.3 is 0 Å². The zero-order valence-electron chi connectivity index (χ0n) is 15.1. The Morgan fingerprint density at radius 3 is 2.69 bits per heavy atom. The summed E-state index contributed by atoms with van der Waals surface area (Å²) < 4.78 is 13.8. The van der Waals surface area contributed by atoms with Crippen molar-refractivity contribution >= 4 is 17.5 Å². The molecule has 0 aliphatic carbocycles. The minimum absolute atomic E-state index is 0.240. The van der Waals surface area contributed by atoms with Crippen LogP contribution < -0.4 is 10.6 Å². The number of aryl methyl sites for hydroxylation is 1. The monoisotopic (exact) mass is 351 g/mol. The van der Waals surface area contributed by atoms with Crippen molar-refractivity contribution in [1.82, 2.24) is 15.0 Å². The van der Waals surface area contributed by atoms with E-state index in [0.29, 0.717) is 23.0 Å². The first-order valence-electron chi connectivity index (χ1n) is 8.64. The van der Waals surface area contributed by atoms with Crippen molar-refractivity contribution in [2.75, 3.05) is 10.6 Å². The minimum Gasteiger partial charge on any atom is -0.352 e. The van der Waals surface area contributed by atoms with Crippen LogP contribution in [0.1, 0.15) is 25.8 Å². The molecule has 0 fully saturated rings. The number of rotatable bonds is 6. The van der Waals surface area contributed by atoms with Gasteiger partial charge in [-0.3, -0.25) is 4.98 Å². The second-order valence-corrected chi connectivity index (χ2v) is 6.25. The Hall–Kier alpha value is -3.02. The molecule has 2 heterocycles. The molecule has 0 saturated heterocycles. The van der Waals surface area contributed by atoms with E-state index in [2.05, 4.69) is 39.4 Å². The number of benzene rings is 1. The molecular weight excluding hydrogens is 329 g/mol. The van der Waals surface area contributed by atoms with Crippen LogP contribution in [0.15, 0.2) is 48.8 Å². The Balaban J connectivity index is 1.97. The third-order valence-corrected chi connectivity index (χ3v) is 4.12. The van der Waals surface area contributed by atoms with Gasteiger partial charge in [0.05, 0.1) is 5.69 Å². The highest BCUT2D eigenvalue weighted by Crippen LogP contribution is 2.24. The standard InChI is InChI=1S/C20H22FN5/c1-4-14(3)23-20-25-18(15-6-5-9-22-12-15)11-19(26-20)24-16-8-7-13(2)17(21)10-16/h5-12,14H,4H2,1-3H3,(H2,23,24,25,26)/t14-/m0/s1. The number of aromatic nitrogens is 3. The number of pyridine rings is 1. The van der Waals surface area contributed by atoms with Crippen LogP contribution in [0.25, 0.3) is 11.3 Å². The van der Waals surface area contributed by atoms with Gasteiger partial charge in [0.1, 0.15) is 11.6 Å². The van der Waals surface area contributed by atoms with E-state index >= 15 is 0 Å². The van der Waals surface area contributed by atoms with E-state index in [1.807, 2.05) is 24.3 Å². The highest BCUT2D eigenvalue weighted by molar-refractivity contribution is 5.67. The number of halogens is 1. The maximum absolute atomic E-state index is 13.8. The van der Waals surface area contributed by atoms with Crippen LogP contribution >= 0.6 is 0 Å². The summed E-state index contributed by atoms with van der Waals surface area (Å²) in [4.78, 5) is 13.3. The fourth-order valence-corrected chi connectivity index (χ4v) is 2.38. The molecule has 2 aromatic heterocycles. The first-order valence-corrected chi connectivity index (χ1v) is 8.64. The van der Waals surface area contributed by atoms with Crippen LogP contribution in [0.4, 0.5) is 21.8 Å². The topological polar surface area (TPSA) is 62.7 Å². The maximum atomic E-state index is 13.8. The Morgan fingerprint density at radius 1 is 1.15 bits per heavy atom. The summed E-state index contributed by atoms with van der Waals surface area (Å²) in [6.45, 7) is 5.90. The predicted octanol–water partition coefficient (Wildman–Crippen LogP) is 4.94. The maximum Gasteiger partial charge on any atom is 0.225 e. The summed E-state index contributed by atoms with van der Waals surface area (Å²) >= 11 is 0. The third kappa shape index (κ3) is 4.33. The van der Waals surface area contributed by atoms with Crippen LogP contribution in [0.3, 0.4) is 0 Å². The molecule has 0 aliphatic rings. The van der Waals surface area contributed by atoms with Crippen LogP contribution in [0.5, 0.6) is 0 Å². The van der Waals surface area contributed by atoms with Crippen LogP contribution in [-0.2, 0) is 0 Å². The van der Waals surface area contributed by atoms with Crippen molar-refractivity contribution in [3.8, 4) is 11.3 Å². The summed E-state index contributed by atoms with van der Waals surface area (Å²) in [5.41, 5.74) is 2.88. The minimum atomic E-state index is -0.255. The zero-order chi connectivity index (χ0) is 18.5. The molecule has 0 spiro atoms. The van der Waals surface area contributed by atoms with Gasteiger partial charge in [0.15, 0.2) is 0 Å². The molecule has 2 N–H and O–H groups in total. The van der Waals surface area contributed by atoms with E-state index in [9.17, 15) is 4.39 Å². The summed E-state index contributed by atoms with van der Waals surface area (Å²) in [6.07, 6.45) is 4.42. The van der Waals surface area contributed by atoms with Crippen LogP contribution in [0, 0.1) is 12.7 Å². The number of nitrogens with one attached hydrogen (secondary N) is 2. The summed E-state index contributed by atoms with van der Waals surface area (Å²) in [7, 11) is 0. The first-order chi connectivity index (χ1) is 12.5. The SMILES string of the molecule is CC[C@H](C)Nc1nc(Nc2ccc(C)c(F)c2)cc(-c2cccnc2)n1.